The number of nitrogens with one attached hydrogen (secondary N) is 1. The Morgan fingerprint density at radius 3 is 2.38 bits per heavy atom. The third-order valence-corrected chi connectivity index (χ3v) is 6.60. The fourth-order valence-electron chi connectivity index (χ4n) is 5.96. The quantitative estimate of drug-likeness (QED) is 0.858. The van der Waals surface area contributed by atoms with Gasteiger partial charge in [-0.2, -0.15) is 0 Å². The molecule has 6 rings (SSSR count). The van der Waals surface area contributed by atoms with E-state index in [0.29, 0.717) is 16.7 Å². The van der Waals surface area contributed by atoms with Crippen LogP contribution in [0.5, 0.6) is 5.75 Å². The summed E-state index contributed by atoms with van der Waals surface area (Å²) in [5.74, 6) is 2.57. The van der Waals surface area contributed by atoms with Crippen molar-refractivity contribution in [2.24, 2.45) is 17.8 Å². The topological polar surface area (TPSA) is 68.5 Å². The highest BCUT2D eigenvalue weighted by molar-refractivity contribution is 5.97. The molecule has 5 heteroatoms. The lowest BCUT2D eigenvalue weighted by molar-refractivity contribution is -0.0167. The van der Waals surface area contributed by atoms with Crippen molar-refractivity contribution < 1.29 is 13.9 Å². The van der Waals surface area contributed by atoms with Crippen LogP contribution < -0.4 is 15.7 Å². The molecule has 2 aromatic rings. The van der Waals surface area contributed by atoms with Crippen LogP contribution in [-0.4, -0.2) is 18.6 Å². The minimum absolute atomic E-state index is 0.0847. The maximum Gasteiger partial charge on any atom is 0.349 e. The third kappa shape index (κ3) is 2.52. The van der Waals surface area contributed by atoms with Crippen LogP contribution in [-0.2, 0) is 0 Å². The fourth-order valence-corrected chi connectivity index (χ4v) is 5.96. The normalized spacial score (nSPS) is 32.0. The second-order valence-corrected chi connectivity index (χ2v) is 8.50. The van der Waals surface area contributed by atoms with Crippen molar-refractivity contribution >= 4 is 16.9 Å². The second-order valence-electron chi connectivity index (χ2n) is 8.50. The van der Waals surface area contributed by atoms with Gasteiger partial charge >= 0.3 is 5.63 Å². The Kier molecular flexibility index (Phi) is 3.43. The first-order chi connectivity index (χ1) is 12.5. The van der Waals surface area contributed by atoms with E-state index in [2.05, 4.69) is 5.32 Å². The van der Waals surface area contributed by atoms with Crippen molar-refractivity contribution in [1.82, 2.24) is 5.32 Å². The lowest BCUT2D eigenvalue weighted by atomic mass is 9.53. The first kappa shape index (κ1) is 15.9. The van der Waals surface area contributed by atoms with E-state index in [0.717, 1.165) is 37.0 Å². The molecule has 0 saturated heterocycles. The predicted molar refractivity (Wildman–Crippen MR) is 97.4 cm³/mol. The zero-order valence-corrected chi connectivity index (χ0v) is 14.9. The predicted octanol–water partition coefficient (Wildman–Crippen LogP) is 3.50. The van der Waals surface area contributed by atoms with Crippen LogP contribution in [0.2, 0.25) is 0 Å². The zero-order valence-electron chi connectivity index (χ0n) is 14.9. The summed E-state index contributed by atoms with van der Waals surface area (Å²) >= 11 is 0. The molecule has 4 bridgehead atoms. The summed E-state index contributed by atoms with van der Waals surface area (Å²) in [7, 11) is 1.58. The van der Waals surface area contributed by atoms with E-state index in [1.54, 1.807) is 31.4 Å². The van der Waals surface area contributed by atoms with E-state index >= 15 is 0 Å². The summed E-state index contributed by atoms with van der Waals surface area (Å²) in [5.41, 5.74) is -0.157. The number of rotatable bonds is 3. The molecule has 0 aliphatic heterocycles. The zero-order chi connectivity index (χ0) is 17.9. The van der Waals surface area contributed by atoms with Gasteiger partial charge in [0.25, 0.3) is 5.91 Å². The SMILES string of the molecule is COc1ccc2oc(=O)c(C(=O)NC34CC5CC(CC(C5)C3)C4)cc2c1. The summed E-state index contributed by atoms with van der Waals surface area (Å²) in [6.07, 6.45) is 7.10. The van der Waals surface area contributed by atoms with E-state index in [-0.39, 0.29) is 17.0 Å². The van der Waals surface area contributed by atoms with E-state index in [1.807, 2.05) is 0 Å². The molecule has 1 aromatic carbocycles. The van der Waals surface area contributed by atoms with Gasteiger partial charge in [0.15, 0.2) is 0 Å². The number of methoxy groups -OCH3 is 1. The number of amides is 1. The van der Waals surface area contributed by atoms with E-state index in [9.17, 15) is 9.59 Å². The molecule has 136 valence electrons. The molecule has 26 heavy (non-hydrogen) atoms. The van der Waals surface area contributed by atoms with Gasteiger partial charge in [-0.25, -0.2) is 4.79 Å². The average molecular weight is 353 g/mol. The molecule has 0 radical (unpaired) electrons. The molecule has 0 spiro atoms. The summed E-state index contributed by atoms with van der Waals surface area (Å²) in [4.78, 5) is 25.3. The molecule has 1 amide bonds. The van der Waals surface area contributed by atoms with E-state index < -0.39 is 5.63 Å². The van der Waals surface area contributed by atoms with Crippen molar-refractivity contribution in [3.8, 4) is 5.75 Å². The van der Waals surface area contributed by atoms with Crippen LogP contribution in [0.3, 0.4) is 0 Å². The van der Waals surface area contributed by atoms with E-state index in [4.69, 9.17) is 9.15 Å². The van der Waals surface area contributed by atoms with Crippen LogP contribution in [0.15, 0.2) is 33.5 Å². The number of ether oxygens (including phenoxy) is 1. The Labute approximate surface area is 151 Å². The first-order valence-electron chi connectivity index (χ1n) is 9.48. The van der Waals surface area contributed by atoms with Crippen molar-refractivity contribution in [2.75, 3.05) is 7.11 Å². The van der Waals surface area contributed by atoms with Crippen LogP contribution in [0.4, 0.5) is 0 Å². The van der Waals surface area contributed by atoms with Crippen molar-refractivity contribution in [2.45, 2.75) is 44.1 Å². The lowest BCUT2D eigenvalue weighted by Crippen LogP contribution is -2.60. The molecule has 4 saturated carbocycles. The van der Waals surface area contributed by atoms with Gasteiger partial charge in [0.2, 0.25) is 0 Å². The Hall–Kier alpha value is -2.30. The van der Waals surface area contributed by atoms with Crippen LogP contribution in [0.1, 0.15) is 48.9 Å². The molecule has 0 unspecified atom stereocenters. The molecular formula is C21H23NO4. The average Bonchev–Trinajstić information content (AvgIpc) is 2.59. The molecule has 5 nitrogen and oxygen atoms in total. The third-order valence-electron chi connectivity index (χ3n) is 6.60. The smallest absolute Gasteiger partial charge is 0.349 e. The molecule has 4 aliphatic carbocycles. The van der Waals surface area contributed by atoms with E-state index in [1.165, 1.54) is 19.3 Å². The number of carbonyl (C=O) groups is 1. The van der Waals surface area contributed by atoms with Crippen molar-refractivity contribution in [1.29, 1.82) is 0 Å². The largest absolute Gasteiger partial charge is 0.497 e. The molecule has 0 atom stereocenters. The number of hydrogen-bond donors (Lipinski definition) is 1. The molecule has 1 N–H and O–H groups in total. The van der Waals surface area contributed by atoms with Crippen LogP contribution >= 0.6 is 0 Å². The first-order valence-corrected chi connectivity index (χ1v) is 9.48. The second kappa shape index (κ2) is 5.60. The van der Waals surface area contributed by atoms with Gasteiger partial charge in [-0.15, -0.1) is 0 Å². The Bertz CT molecular complexity index is 909. The number of benzene rings is 1. The van der Waals surface area contributed by atoms with Gasteiger partial charge in [0, 0.05) is 10.9 Å². The minimum atomic E-state index is -0.579. The van der Waals surface area contributed by atoms with Gasteiger partial charge < -0.3 is 14.5 Å². The summed E-state index contributed by atoms with van der Waals surface area (Å²) in [6, 6.07) is 6.83. The number of fused-ring (bicyclic) bond motifs is 1. The van der Waals surface area contributed by atoms with Gasteiger partial charge in [0.05, 0.1) is 7.11 Å². The highest BCUT2D eigenvalue weighted by Crippen LogP contribution is 2.55. The van der Waals surface area contributed by atoms with Crippen LogP contribution in [0, 0.1) is 17.8 Å². The highest BCUT2D eigenvalue weighted by atomic mass is 16.5. The molecule has 4 fully saturated rings. The standard InChI is InChI=1S/C21H23NO4/c1-25-16-2-3-18-15(7-16)8-17(20(24)26-18)19(23)22-21-9-12-4-13(10-21)6-14(5-12)11-21/h2-3,7-8,12-14H,4-6,9-11H2,1H3,(H,22,23). The lowest BCUT2D eigenvalue weighted by Gasteiger charge is -2.56. The van der Waals surface area contributed by atoms with Gasteiger partial charge in [-0.3, -0.25) is 4.79 Å². The minimum Gasteiger partial charge on any atom is -0.497 e. The maximum atomic E-state index is 12.9. The molecular weight excluding hydrogens is 330 g/mol. The number of hydrogen-bond acceptors (Lipinski definition) is 4. The van der Waals surface area contributed by atoms with Crippen molar-refractivity contribution in [3.63, 3.8) is 0 Å². The Balaban J connectivity index is 1.47. The monoisotopic (exact) mass is 353 g/mol. The maximum absolute atomic E-state index is 12.9. The molecule has 4 aliphatic rings. The van der Waals surface area contributed by atoms with Gasteiger partial charge in [-0.1, -0.05) is 0 Å². The molecule has 1 aromatic heterocycles. The van der Waals surface area contributed by atoms with Crippen LogP contribution in [0.25, 0.3) is 11.0 Å². The fraction of sp³-hybridized carbons (Fsp3) is 0.524. The molecule has 1 heterocycles. The Morgan fingerprint density at radius 2 is 1.77 bits per heavy atom. The Morgan fingerprint density at radius 1 is 1.12 bits per heavy atom. The van der Waals surface area contributed by atoms with Gasteiger partial charge in [0.1, 0.15) is 16.9 Å². The summed E-state index contributed by atoms with van der Waals surface area (Å²) < 4.78 is 10.6. The highest BCUT2D eigenvalue weighted by Gasteiger charge is 2.51. The summed E-state index contributed by atoms with van der Waals surface area (Å²) in [5, 5.41) is 3.94. The summed E-state index contributed by atoms with van der Waals surface area (Å²) in [6.45, 7) is 0. The number of carbonyl (C=O) groups excluding carboxylic acids is 1. The van der Waals surface area contributed by atoms with Gasteiger partial charge in [-0.05, 0) is 80.5 Å². The van der Waals surface area contributed by atoms with Crippen molar-refractivity contribution in [3.05, 3.63) is 40.2 Å².